The van der Waals surface area contributed by atoms with Crippen molar-refractivity contribution in [2.24, 2.45) is 0 Å². The Labute approximate surface area is 243 Å². The van der Waals surface area contributed by atoms with Gasteiger partial charge in [-0.1, -0.05) is 30.3 Å². The van der Waals surface area contributed by atoms with E-state index >= 15 is 0 Å². The molecule has 6 rings (SSSR count). The zero-order chi connectivity index (χ0) is 28.0. The van der Waals surface area contributed by atoms with Gasteiger partial charge in [-0.15, -0.1) is 0 Å². The number of benzene rings is 2. The van der Waals surface area contributed by atoms with Gasteiger partial charge >= 0.3 is 0 Å². The highest BCUT2D eigenvalue weighted by Gasteiger charge is 2.42. The number of rotatable bonds is 9. The van der Waals surface area contributed by atoms with E-state index in [-0.39, 0.29) is 24.6 Å². The molecule has 9 heteroatoms. The Morgan fingerprint density at radius 2 is 1.76 bits per heavy atom. The van der Waals surface area contributed by atoms with E-state index in [9.17, 15) is 4.79 Å². The Bertz CT molecular complexity index is 1610. The summed E-state index contributed by atoms with van der Waals surface area (Å²) in [4.78, 5) is 23.5. The third kappa shape index (κ3) is 5.95. The fourth-order valence-corrected chi connectivity index (χ4v) is 5.38. The Morgan fingerprint density at radius 1 is 0.927 bits per heavy atom. The average Bonchev–Trinajstić information content (AvgIpc) is 3.61. The smallest absolute Gasteiger partial charge is 0.262 e. The number of pyridine rings is 2. The molecule has 1 saturated heterocycles. The van der Waals surface area contributed by atoms with Crippen LogP contribution < -0.4 is 20.3 Å². The van der Waals surface area contributed by atoms with Crippen molar-refractivity contribution in [1.82, 2.24) is 19.9 Å². The van der Waals surface area contributed by atoms with Gasteiger partial charge in [0, 0.05) is 48.4 Å². The van der Waals surface area contributed by atoms with Gasteiger partial charge in [0.25, 0.3) is 5.91 Å². The van der Waals surface area contributed by atoms with Gasteiger partial charge in [-0.3, -0.25) is 14.8 Å². The van der Waals surface area contributed by atoms with Crippen LogP contribution in [-0.4, -0.2) is 32.2 Å². The summed E-state index contributed by atoms with van der Waals surface area (Å²) in [6, 6.07) is 30.7. The number of hydrogen-bond acceptors (Lipinski definition) is 5. The van der Waals surface area contributed by atoms with Crippen LogP contribution in [0.25, 0.3) is 0 Å². The third-order valence-electron chi connectivity index (χ3n) is 6.88. The van der Waals surface area contributed by atoms with Crippen LogP contribution in [0.1, 0.15) is 29.0 Å². The second-order valence-corrected chi connectivity index (χ2v) is 10.0. The first-order valence-electron chi connectivity index (χ1n) is 13.3. The maximum absolute atomic E-state index is 12.5. The van der Waals surface area contributed by atoms with Gasteiger partial charge in [-0.2, -0.15) is 0 Å². The van der Waals surface area contributed by atoms with Crippen molar-refractivity contribution < 1.29 is 9.53 Å². The predicted octanol–water partition coefficient (Wildman–Crippen LogP) is 5.52. The summed E-state index contributed by atoms with van der Waals surface area (Å²) in [6.45, 7) is 0.603. The van der Waals surface area contributed by atoms with Crippen LogP contribution >= 0.6 is 12.2 Å². The maximum Gasteiger partial charge on any atom is 0.262 e. The summed E-state index contributed by atoms with van der Waals surface area (Å²) < 4.78 is 7.79. The number of hydrogen-bond donors (Lipinski definition) is 2. The van der Waals surface area contributed by atoms with E-state index < -0.39 is 0 Å². The molecule has 1 aliphatic heterocycles. The molecule has 0 spiro atoms. The van der Waals surface area contributed by atoms with Crippen molar-refractivity contribution in [2.75, 3.05) is 16.8 Å². The van der Waals surface area contributed by atoms with E-state index in [1.54, 1.807) is 12.4 Å². The van der Waals surface area contributed by atoms with E-state index in [0.29, 0.717) is 23.1 Å². The monoisotopic (exact) mass is 560 g/mol. The summed E-state index contributed by atoms with van der Waals surface area (Å²) in [5.41, 5.74) is 4.67. The molecule has 1 amide bonds. The number of aromatic nitrogens is 3. The molecule has 41 heavy (non-hydrogen) atoms. The SMILES string of the molecule is O=C(COc1ccccc1)Nc1ccc(N2C(=S)N[C@H](c3ccccn3)[C@@H]2c2cccn2Cc2cccnc2)cc1. The van der Waals surface area contributed by atoms with Crippen molar-refractivity contribution in [2.45, 2.75) is 18.6 Å². The number of amides is 1. The fraction of sp³-hybridized carbons (Fsp3) is 0.125. The molecule has 0 radical (unpaired) electrons. The van der Waals surface area contributed by atoms with Crippen LogP contribution in [0.2, 0.25) is 0 Å². The lowest BCUT2D eigenvalue weighted by atomic mass is 10.0. The molecule has 0 bridgehead atoms. The molecule has 2 aromatic carbocycles. The van der Waals surface area contributed by atoms with Crippen LogP contribution in [0.5, 0.6) is 5.75 Å². The molecule has 2 N–H and O–H groups in total. The largest absolute Gasteiger partial charge is 0.484 e. The summed E-state index contributed by atoms with van der Waals surface area (Å²) in [5, 5.41) is 7.01. The van der Waals surface area contributed by atoms with Gasteiger partial charge in [-0.05, 0) is 84.5 Å². The number of nitrogens with zero attached hydrogens (tertiary/aromatic N) is 4. The van der Waals surface area contributed by atoms with Gasteiger partial charge in [0.15, 0.2) is 11.7 Å². The van der Waals surface area contributed by atoms with Gasteiger partial charge in [0.2, 0.25) is 0 Å². The molecular formula is C32H28N6O2S. The van der Waals surface area contributed by atoms with Gasteiger partial charge in [0.05, 0.1) is 11.7 Å². The maximum atomic E-state index is 12.5. The topological polar surface area (TPSA) is 84.3 Å². The lowest BCUT2D eigenvalue weighted by Gasteiger charge is -2.29. The van der Waals surface area contributed by atoms with Crippen molar-refractivity contribution in [3.63, 3.8) is 0 Å². The molecule has 1 aliphatic rings. The highest BCUT2D eigenvalue weighted by molar-refractivity contribution is 7.80. The van der Waals surface area contributed by atoms with Crippen LogP contribution in [-0.2, 0) is 11.3 Å². The predicted molar refractivity (Wildman–Crippen MR) is 163 cm³/mol. The molecule has 1 fully saturated rings. The van der Waals surface area contributed by atoms with E-state index in [0.717, 1.165) is 22.6 Å². The third-order valence-corrected chi connectivity index (χ3v) is 7.20. The van der Waals surface area contributed by atoms with Crippen molar-refractivity contribution >= 4 is 34.6 Å². The van der Waals surface area contributed by atoms with E-state index in [1.807, 2.05) is 85.1 Å². The minimum atomic E-state index is -0.235. The Morgan fingerprint density at radius 3 is 2.51 bits per heavy atom. The molecule has 204 valence electrons. The lowest BCUT2D eigenvalue weighted by Crippen LogP contribution is -2.30. The van der Waals surface area contributed by atoms with Crippen molar-refractivity contribution in [3.8, 4) is 5.75 Å². The number of carbonyl (C=O) groups is 1. The zero-order valence-electron chi connectivity index (χ0n) is 22.1. The minimum absolute atomic E-state index is 0.0757. The molecule has 2 atom stereocenters. The van der Waals surface area contributed by atoms with Gasteiger partial charge in [-0.25, -0.2) is 0 Å². The van der Waals surface area contributed by atoms with Gasteiger partial charge < -0.3 is 24.8 Å². The minimum Gasteiger partial charge on any atom is -0.484 e. The molecule has 5 aromatic rings. The standard InChI is InChI=1S/C32H28N6O2S/c39-29(22-40-26-9-2-1-3-10-26)35-24-13-15-25(16-14-24)38-31(30(36-32(38)41)27-11-4-5-18-34-27)28-12-7-19-37(28)21-23-8-6-17-33-20-23/h1-20,30-31H,21-22H2,(H,35,39)(H,36,41)/t30-,31+/m1/s1. The van der Waals surface area contributed by atoms with Crippen molar-refractivity contribution in [1.29, 1.82) is 0 Å². The summed E-state index contributed by atoms with van der Waals surface area (Å²) >= 11 is 5.89. The number of ether oxygens (including phenoxy) is 1. The van der Waals surface area contributed by atoms with Crippen molar-refractivity contribution in [3.05, 3.63) is 139 Å². The first kappa shape index (κ1) is 26.2. The molecule has 0 aliphatic carbocycles. The first-order valence-corrected chi connectivity index (χ1v) is 13.7. The summed E-state index contributed by atoms with van der Waals surface area (Å²) in [5.74, 6) is 0.413. The molecule has 3 aromatic heterocycles. The van der Waals surface area contributed by atoms with Gasteiger partial charge in [0.1, 0.15) is 11.8 Å². The highest BCUT2D eigenvalue weighted by atomic mass is 32.1. The Hall–Kier alpha value is -5.02. The van der Waals surface area contributed by atoms with E-state index in [1.165, 1.54) is 0 Å². The molecule has 4 heterocycles. The summed E-state index contributed by atoms with van der Waals surface area (Å²) in [7, 11) is 0. The number of anilines is 2. The Balaban J connectivity index is 1.25. The second-order valence-electron chi connectivity index (χ2n) is 9.62. The fourth-order valence-electron chi connectivity index (χ4n) is 5.03. The second kappa shape index (κ2) is 12.0. The summed E-state index contributed by atoms with van der Waals surface area (Å²) in [6.07, 6.45) is 7.54. The zero-order valence-corrected chi connectivity index (χ0v) is 22.9. The number of thiocarbonyl (C=S) groups is 1. The molecule has 0 unspecified atom stereocenters. The first-order chi connectivity index (χ1) is 20.2. The molecule has 8 nitrogen and oxygen atoms in total. The quantitative estimate of drug-likeness (QED) is 0.230. The van der Waals surface area contributed by atoms with Crippen LogP contribution in [0.4, 0.5) is 11.4 Å². The van der Waals surface area contributed by atoms with Crippen LogP contribution in [0.3, 0.4) is 0 Å². The van der Waals surface area contributed by atoms with Crippen LogP contribution in [0.15, 0.2) is 122 Å². The Kier molecular flexibility index (Phi) is 7.68. The number of carbonyl (C=O) groups excluding carboxylic acids is 1. The molecular weight excluding hydrogens is 532 g/mol. The molecule has 0 saturated carbocycles. The normalized spacial score (nSPS) is 16.3. The average molecular weight is 561 g/mol. The number of para-hydroxylation sites is 1. The van der Waals surface area contributed by atoms with E-state index in [4.69, 9.17) is 17.0 Å². The van der Waals surface area contributed by atoms with E-state index in [2.05, 4.69) is 54.5 Å². The van der Waals surface area contributed by atoms with Crippen LogP contribution in [0, 0.1) is 0 Å². The number of nitrogens with one attached hydrogen (secondary N) is 2. The highest BCUT2D eigenvalue weighted by Crippen LogP contribution is 2.42. The lowest BCUT2D eigenvalue weighted by molar-refractivity contribution is -0.118.